The fourth-order valence-corrected chi connectivity index (χ4v) is 1.00. The zero-order valence-electron chi connectivity index (χ0n) is 7.57. The molecule has 0 fully saturated rings. The molecule has 2 nitrogen and oxygen atoms in total. The third-order valence-electron chi connectivity index (χ3n) is 1.64. The molecule has 0 radical (unpaired) electrons. The first-order valence-electron chi connectivity index (χ1n) is 4.11. The first kappa shape index (κ1) is 9.52. The molecular formula is C11H12O2. The highest BCUT2D eigenvalue weighted by atomic mass is 16.5. The summed E-state index contributed by atoms with van der Waals surface area (Å²) in [5.74, 6) is 0.827. The summed E-state index contributed by atoms with van der Waals surface area (Å²) in [6.07, 6.45) is 5.05. The van der Waals surface area contributed by atoms with Gasteiger partial charge in [-0.15, -0.1) is 0 Å². The third-order valence-corrected chi connectivity index (χ3v) is 1.64. The summed E-state index contributed by atoms with van der Waals surface area (Å²) in [4.78, 5) is 10.0. The summed E-state index contributed by atoms with van der Waals surface area (Å²) in [6, 6.07) is 7.68. The van der Waals surface area contributed by atoms with E-state index in [0.29, 0.717) is 6.42 Å². The number of carbonyl (C=O) groups is 1. The molecule has 2 heteroatoms. The zero-order chi connectivity index (χ0) is 9.52. The Balaban J connectivity index is 2.71. The van der Waals surface area contributed by atoms with E-state index in [4.69, 9.17) is 4.74 Å². The molecule has 0 aliphatic rings. The van der Waals surface area contributed by atoms with Gasteiger partial charge >= 0.3 is 0 Å². The van der Waals surface area contributed by atoms with Crippen molar-refractivity contribution in [3.8, 4) is 5.75 Å². The molecule has 1 aromatic rings. The highest BCUT2D eigenvalue weighted by molar-refractivity contribution is 5.58. The molecule has 0 aromatic heterocycles. The number of aldehydes is 1. The van der Waals surface area contributed by atoms with Crippen molar-refractivity contribution in [3.05, 3.63) is 35.9 Å². The van der Waals surface area contributed by atoms with Crippen LogP contribution in [0.1, 0.15) is 12.0 Å². The molecule has 0 unspecified atom stereocenters. The molecule has 0 bridgehead atoms. The number of ether oxygens (including phenoxy) is 1. The minimum atomic E-state index is 0.456. The Bertz CT molecular complexity index is 303. The fraction of sp³-hybridized carbons (Fsp3) is 0.182. The maximum absolute atomic E-state index is 10.0. The van der Waals surface area contributed by atoms with Crippen molar-refractivity contribution in [1.82, 2.24) is 0 Å². The minimum Gasteiger partial charge on any atom is -0.497 e. The average molecular weight is 176 g/mol. The molecule has 0 amide bonds. The lowest BCUT2D eigenvalue weighted by Crippen LogP contribution is -1.82. The second kappa shape index (κ2) is 5.14. The second-order valence-electron chi connectivity index (χ2n) is 2.58. The quantitative estimate of drug-likeness (QED) is 0.658. The van der Waals surface area contributed by atoms with E-state index in [1.54, 1.807) is 7.11 Å². The second-order valence-corrected chi connectivity index (χ2v) is 2.58. The lowest BCUT2D eigenvalue weighted by atomic mass is 10.2. The Morgan fingerprint density at radius 2 is 2.31 bits per heavy atom. The standard InChI is InChI=1S/C11H12O2/c1-13-11-7-4-6-10(9-11)5-2-3-8-12/h2,4-9H,3H2,1H3/b5-2-. The van der Waals surface area contributed by atoms with Crippen LogP contribution >= 0.6 is 0 Å². The van der Waals surface area contributed by atoms with Gasteiger partial charge in [-0.25, -0.2) is 0 Å². The monoisotopic (exact) mass is 176 g/mol. The number of methoxy groups -OCH3 is 1. The van der Waals surface area contributed by atoms with E-state index in [1.807, 2.05) is 36.4 Å². The number of rotatable bonds is 4. The number of allylic oxidation sites excluding steroid dienone is 1. The van der Waals surface area contributed by atoms with Crippen LogP contribution in [0.4, 0.5) is 0 Å². The Hall–Kier alpha value is -1.57. The molecule has 0 atom stereocenters. The van der Waals surface area contributed by atoms with Crippen LogP contribution in [0, 0.1) is 0 Å². The van der Waals surface area contributed by atoms with Crippen LogP contribution in [0.15, 0.2) is 30.3 Å². The van der Waals surface area contributed by atoms with Gasteiger partial charge in [0, 0.05) is 6.42 Å². The Morgan fingerprint density at radius 1 is 1.46 bits per heavy atom. The van der Waals surface area contributed by atoms with Crippen LogP contribution in [0.3, 0.4) is 0 Å². The molecule has 0 heterocycles. The Kier molecular flexibility index (Phi) is 3.76. The van der Waals surface area contributed by atoms with Gasteiger partial charge < -0.3 is 9.53 Å². The maximum atomic E-state index is 10.0. The predicted octanol–water partition coefficient (Wildman–Crippen LogP) is 2.30. The number of hydrogen-bond donors (Lipinski definition) is 0. The molecular weight excluding hydrogens is 164 g/mol. The van der Waals surface area contributed by atoms with Crippen molar-refractivity contribution in [2.24, 2.45) is 0 Å². The van der Waals surface area contributed by atoms with Gasteiger partial charge in [0.15, 0.2) is 0 Å². The Labute approximate surface area is 77.8 Å². The Morgan fingerprint density at radius 3 is 3.00 bits per heavy atom. The van der Waals surface area contributed by atoms with Gasteiger partial charge in [-0.05, 0) is 17.7 Å². The summed E-state index contributed by atoms with van der Waals surface area (Å²) >= 11 is 0. The molecule has 0 saturated heterocycles. The van der Waals surface area contributed by atoms with Crippen LogP contribution in [-0.2, 0) is 4.79 Å². The van der Waals surface area contributed by atoms with Crippen LogP contribution in [0.2, 0.25) is 0 Å². The predicted molar refractivity (Wildman–Crippen MR) is 52.7 cm³/mol. The van der Waals surface area contributed by atoms with E-state index >= 15 is 0 Å². The van der Waals surface area contributed by atoms with Crippen LogP contribution in [0.25, 0.3) is 6.08 Å². The SMILES string of the molecule is COc1cccc(/C=C\CC=O)c1. The van der Waals surface area contributed by atoms with Crippen molar-refractivity contribution < 1.29 is 9.53 Å². The van der Waals surface area contributed by atoms with Gasteiger partial charge in [0.1, 0.15) is 12.0 Å². The molecule has 0 saturated carbocycles. The van der Waals surface area contributed by atoms with Crippen molar-refractivity contribution in [1.29, 1.82) is 0 Å². The lowest BCUT2D eigenvalue weighted by Gasteiger charge is -1.99. The van der Waals surface area contributed by atoms with Crippen molar-refractivity contribution >= 4 is 12.4 Å². The van der Waals surface area contributed by atoms with E-state index in [-0.39, 0.29) is 0 Å². The molecule has 0 aliphatic heterocycles. The summed E-state index contributed by atoms with van der Waals surface area (Å²) in [6.45, 7) is 0. The first-order valence-corrected chi connectivity index (χ1v) is 4.11. The molecule has 0 spiro atoms. The molecule has 68 valence electrons. The molecule has 1 aromatic carbocycles. The highest BCUT2D eigenvalue weighted by Gasteiger charge is 1.90. The number of benzene rings is 1. The average Bonchev–Trinajstić information content (AvgIpc) is 2.19. The first-order chi connectivity index (χ1) is 6.36. The minimum absolute atomic E-state index is 0.456. The molecule has 0 aliphatic carbocycles. The zero-order valence-corrected chi connectivity index (χ0v) is 7.57. The normalized spacial score (nSPS) is 10.2. The number of hydrogen-bond acceptors (Lipinski definition) is 2. The van der Waals surface area contributed by atoms with E-state index < -0.39 is 0 Å². The van der Waals surface area contributed by atoms with E-state index in [0.717, 1.165) is 17.6 Å². The van der Waals surface area contributed by atoms with Crippen molar-refractivity contribution in [2.45, 2.75) is 6.42 Å². The topological polar surface area (TPSA) is 26.3 Å². The summed E-state index contributed by atoms with van der Waals surface area (Å²) in [5, 5.41) is 0. The maximum Gasteiger partial charge on any atom is 0.123 e. The van der Waals surface area contributed by atoms with Crippen molar-refractivity contribution in [3.63, 3.8) is 0 Å². The summed E-state index contributed by atoms with van der Waals surface area (Å²) in [7, 11) is 1.63. The van der Waals surface area contributed by atoms with Gasteiger partial charge in [0.25, 0.3) is 0 Å². The summed E-state index contributed by atoms with van der Waals surface area (Å²) < 4.78 is 5.06. The lowest BCUT2D eigenvalue weighted by molar-refractivity contribution is -0.107. The van der Waals surface area contributed by atoms with E-state index in [9.17, 15) is 4.79 Å². The largest absolute Gasteiger partial charge is 0.497 e. The number of carbonyl (C=O) groups excluding carboxylic acids is 1. The molecule has 0 N–H and O–H groups in total. The van der Waals surface area contributed by atoms with Gasteiger partial charge in [-0.2, -0.15) is 0 Å². The van der Waals surface area contributed by atoms with E-state index in [1.165, 1.54) is 0 Å². The molecule has 13 heavy (non-hydrogen) atoms. The van der Waals surface area contributed by atoms with Gasteiger partial charge in [0.05, 0.1) is 7.11 Å². The van der Waals surface area contributed by atoms with Crippen LogP contribution in [0.5, 0.6) is 5.75 Å². The van der Waals surface area contributed by atoms with Crippen molar-refractivity contribution in [2.75, 3.05) is 7.11 Å². The highest BCUT2D eigenvalue weighted by Crippen LogP contribution is 2.13. The molecule has 1 rings (SSSR count). The third kappa shape index (κ3) is 3.11. The van der Waals surface area contributed by atoms with Gasteiger partial charge in [0.2, 0.25) is 0 Å². The van der Waals surface area contributed by atoms with Gasteiger partial charge in [-0.1, -0.05) is 24.3 Å². The fourth-order valence-electron chi connectivity index (χ4n) is 1.00. The van der Waals surface area contributed by atoms with Crippen LogP contribution in [-0.4, -0.2) is 13.4 Å². The van der Waals surface area contributed by atoms with Gasteiger partial charge in [-0.3, -0.25) is 0 Å². The summed E-state index contributed by atoms with van der Waals surface area (Å²) in [5.41, 5.74) is 1.04. The van der Waals surface area contributed by atoms with Crippen LogP contribution < -0.4 is 4.74 Å². The smallest absolute Gasteiger partial charge is 0.123 e. The van der Waals surface area contributed by atoms with E-state index in [2.05, 4.69) is 0 Å².